The fraction of sp³-hybridized carbons (Fsp3) is 0.333. The molecule has 2 aromatic rings. The van der Waals surface area contributed by atoms with Crippen molar-refractivity contribution >= 4 is 17.4 Å². The normalized spacial score (nSPS) is 10.5. The van der Waals surface area contributed by atoms with Gasteiger partial charge in [-0.15, -0.1) is 0 Å². The summed E-state index contributed by atoms with van der Waals surface area (Å²) < 4.78 is 5.09. The fourth-order valence-electron chi connectivity index (χ4n) is 1.92. The van der Waals surface area contributed by atoms with Crippen LogP contribution in [0.1, 0.15) is 23.9 Å². The summed E-state index contributed by atoms with van der Waals surface area (Å²) in [5.74, 6) is 1.93. The minimum Gasteiger partial charge on any atom is -0.504 e. The number of hydrogen-bond acceptors (Lipinski definition) is 5. The van der Waals surface area contributed by atoms with E-state index < -0.39 is 0 Å². The maximum atomic E-state index is 10.1. The van der Waals surface area contributed by atoms with Gasteiger partial charge in [0.05, 0.1) is 7.11 Å². The molecule has 0 saturated carbocycles. The topological polar surface area (TPSA) is 67.3 Å². The predicted molar refractivity (Wildman–Crippen MR) is 83.1 cm³/mol. The molecule has 2 N–H and O–H groups in total. The number of methoxy groups -OCH3 is 1. The second kappa shape index (κ2) is 6.63. The van der Waals surface area contributed by atoms with Crippen LogP contribution in [0.25, 0.3) is 0 Å². The lowest BCUT2D eigenvalue weighted by Gasteiger charge is -2.13. The van der Waals surface area contributed by atoms with Gasteiger partial charge >= 0.3 is 0 Å². The molecule has 112 valence electrons. The van der Waals surface area contributed by atoms with Gasteiger partial charge in [0.1, 0.15) is 16.8 Å². The Bertz CT molecular complexity index is 647. The van der Waals surface area contributed by atoms with Crippen LogP contribution in [0.4, 0.5) is 5.82 Å². The number of aromatic hydroxyl groups is 1. The molecular formula is C15H18ClN3O2. The maximum Gasteiger partial charge on any atom is 0.162 e. The summed E-state index contributed by atoms with van der Waals surface area (Å²) in [5, 5.41) is 13.7. The molecule has 0 bridgehead atoms. The molecule has 0 amide bonds. The summed E-state index contributed by atoms with van der Waals surface area (Å²) in [4.78, 5) is 8.62. The SMILES string of the molecule is CCc1nc(Cl)c(C)c(NCc2cccc(OC)c2O)n1. The van der Waals surface area contributed by atoms with Crippen molar-refractivity contribution in [1.82, 2.24) is 9.97 Å². The molecule has 0 aliphatic heterocycles. The number of benzene rings is 1. The quantitative estimate of drug-likeness (QED) is 0.829. The van der Waals surface area contributed by atoms with Crippen LogP contribution in [0.2, 0.25) is 5.15 Å². The number of rotatable bonds is 5. The Balaban J connectivity index is 2.22. The predicted octanol–water partition coefficient (Wildman–Crippen LogP) is 3.33. The molecule has 21 heavy (non-hydrogen) atoms. The first-order valence-corrected chi connectivity index (χ1v) is 7.06. The van der Waals surface area contributed by atoms with Gasteiger partial charge in [-0.3, -0.25) is 0 Å². The van der Waals surface area contributed by atoms with Gasteiger partial charge in [-0.05, 0) is 13.0 Å². The molecule has 0 unspecified atom stereocenters. The molecule has 5 nitrogen and oxygen atoms in total. The number of anilines is 1. The van der Waals surface area contributed by atoms with E-state index in [2.05, 4.69) is 15.3 Å². The highest BCUT2D eigenvalue weighted by molar-refractivity contribution is 6.30. The van der Waals surface area contributed by atoms with E-state index in [-0.39, 0.29) is 5.75 Å². The van der Waals surface area contributed by atoms with Gasteiger partial charge in [0, 0.05) is 24.1 Å². The fourth-order valence-corrected chi connectivity index (χ4v) is 2.10. The van der Waals surface area contributed by atoms with Gasteiger partial charge in [-0.1, -0.05) is 30.7 Å². The van der Waals surface area contributed by atoms with Crippen LogP contribution < -0.4 is 10.1 Å². The molecular weight excluding hydrogens is 290 g/mol. The van der Waals surface area contributed by atoms with Crippen LogP contribution in [0.15, 0.2) is 18.2 Å². The van der Waals surface area contributed by atoms with Crippen molar-refractivity contribution in [3.8, 4) is 11.5 Å². The lowest BCUT2D eigenvalue weighted by molar-refractivity contribution is 0.371. The third kappa shape index (κ3) is 3.36. The highest BCUT2D eigenvalue weighted by Crippen LogP contribution is 2.30. The number of halogens is 1. The summed E-state index contributed by atoms with van der Waals surface area (Å²) in [5.41, 5.74) is 1.51. The minimum absolute atomic E-state index is 0.126. The summed E-state index contributed by atoms with van der Waals surface area (Å²) in [6, 6.07) is 5.36. The molecule has 0 aliphatic rings. The standard InChI is InChI=1S/C15H18ClN3O2/c1-4-12-18-14(16)9(2)15(19-12)17-8-10-6-5-7-11(21-3)13(10)20/h5-7,20H,4,8H2,1-3H3,(H,17,18,19). The van der Waals surface area contributed by atoms with Crippen molar-refractivity contribution in [1.29, 1.82) is 0 Å². The highest BCUT2D eigenvalue weighted by atomic mass is 35.5. The van der Waals surface area contributed by atoms with Crippen molar-refractivity contribution in [2.45, 2.75) is 26.8 Å². The van der Waals surface area contributed by atoms with E-state index in [1.165, 1.54) is 7.11 Å². The average molecular weight is 308 g/mol. The summed E-state index contributed by atoms with van der Waals surface area (Å²) >= 11 is 6.10. The monoisotopic (exact) mass is 307 g/mol. The van der Waals surface area contributed by atoms with Crippen LogP contribution in [0.5, 0.6) is 11.5 Å². The van der Waals surface area contributed by atoms with E-state index in [9.17, 15) is 5.11 Å². The number of aromatic nitrogens is 2. The Morgan fingerprint density at radius 2 is 2.10 bits per heavy atom. The Hall–Kier alpha value is -2.01. The van der Waals surface area contributed by atoms with E-state index in [0.29, 0.717) is 35.5 Å². The third-order valence-electron chi connectivity index (χ3n) is 3.20. The maximum absolute atomic E-state index is 10.1. The van der Waals surface area contributed by atoms with E-state index >= 15 is 0 Å². The van der Waals surface area contributed by atoms with Crippen LogP contribution >= 0.6 is 11.6 Å². The van der Waals surface area contributed by atoms with E-state index in [4.69, 9.17) is 16.3 Å². The van der Waals surface area contributed by atoms with Crippen molar-refractivity contribution in [3.05, 3.63) is 40.3 Å². The lowest BCUT2D eigenvalue weighted by atomic mass is 10.2. The molecule has 1 heterocycles. The number of phenols is 1. The van der Waals surface area contributed by atoms with Crippen LogP contribution in [-0.4, -0.2) is 22.2 Å². The molecule has 2 rings (SSSR count). The summed E-state index contributed by atoms with van der Waals surface area (Å²) in [6.45, 7) is 4.24. The molecule has 6 heteroatoms. The van der Waals surface area contributed by atoms with E-state index in [1.54, 1.807) is 6.07 Å². The zero-order valence-electron chi connectivity index (χ0n) is 12.3. The van der Waals surface area contributed by atoms with Gasteiger partial charge in [0.25, 0.3) is 0 Å². The minimum atomic E-state index is 0.126. The van der Waals surface area contributed by atoms with E-state index in [1.807, 2.05) is 26.0 Å². The van der Waals surface area contributed by atoms with Crippen molar-refractivity contribution in [3.63, 3.8) is 0 Å². The zero-order chi connectivity index (χ0) is 15.4. The molecule has 0 atom stereocenters. The Labute approximate surface area is 129 Å². The van der Waals surface area contributed by atoms with Gasteiger partial charge in [0.2, 0.25) is 0 Å². The van der Waals surface area contributed by atoms with Crippen LogP contribution in [-0.2, 0) is 13.0 Å². The largest absolute Gasteiger partial charge is 0.504 e. The first kappa shape index (κ1) is 15.4. The molecule has 1 aromatic carbocycles. The zero-order valence-corrected chi connectivity index (χ0v) is 13.0. The second-order valence-electron chi connectivity index (χ2n) is 4.58. The number of nitrogens with zero attached hydrogens (tertiary/aromatic N) is 2. The highest BCUT2D eigenvalue weighted by Gasteiger charge is 2.11. The number of aryl methyl sites for hydroxylation is 1. The Kier molecular flexibility index (Phi) is 4.85. The summed E-state index contributed by atoms with van der Waals surface area (Å²) in [6.07, 6.45) is 0.707. The molecule has 0 radical (unpaired) electrons. The van der Waals surface area contributed by atoms with Crippen molar-refractivity contribution in [2.24, 2.45) is 0 Å². The van der Waals surface area contributed by atoms with Gasteiger partial charge < -0.3 is 15.2 Å². The van der Waals surface area contributed by atoms with Gasteiger partial charge in [0.15, 0.2) is 11.5 Å². The number of nitrogens with one attached hydrogen (secondary N) is 1. The van der Waals surface area contributed by atoms with Crippen molar-refractivity contribution < 1.29 is 9.84 Å². The molecule has 1 aromatic heterocycles. The Morgan fingerprint density at radius 1 is 1.33 bits per heavy atom. The van der Waals surface area contributed by atoms with Crippen molar-refractivity contribution in [2.75, 3.05) is 12.4 Å². The van der Waals surface area contributed by atoms with Crippen LogP contribution in [0.3, 0.4) is 0 Å². The Morgan fingerprint density at radius 3 is 2.76 bits per heavy atom. The number of hydrogen-bond donors (Lipinski definition) is 2. The second-order valence-corrected chi connectivity index (χ2v) is 4.94. The molecule has 0 saturated heterocycles. The lowest BCUT2D eigenvalue weighted by Crippen LogP contribution is -2.07. The third-order valence-corrected chi connectivity index (χ3v) is 3.57. The van der Waals surface area contributed by atoms with Gasteiger partial charge in [-0.25, -0.2) is 9.97 Å². The molecule has 0 aliphatic carbocycles. The summed E-state index contributed by atoms with van der Waals surface area (Å²) in [7, 11) is 1.52. The molecule has 0 spiro atoms. The number of ether oxygens (including phenoxy) is 1. The molecule has 0 fully saturated rings. The smallest absolute Gasteiger partial charge is 0.162 e. The first-order chi connectivity index (χ1) is 10.1. The number of phenolic OH excluding ortho intramolecular Hbond substituents is 1. The van der Waals surface area contributed by atoms with Gasteiger partial charge in [-0.2, -0.15) is 0 Å². The van der Waals surface area contributed by atoms with Crippen LogP contribution in [0, 0.1) is 6.92 Å². The first-order valence-electron chi connectivity index (χ1n) is 6.68. The number of para-hydroxylation sites is 1. The average Bonchev–Trinajstić information content (AvgIpc) is 2.49. The van der Waals surface area contributed by atoms with E-state index in [0.717, 1.165) is 11.1 Å².